The van der Waals surface area contributed by atoms with E-state index in [0.29, 0.717) is 5.56 Å². The topological polar surface area (TPSA) is 25.2 Å². The molecule has 1 unspecified atom stereocenters. The largest absolute Gasteiger partial charge is 0.459 e. The van der Waals surface area contributed by atoms with Gasteiger partial charge in [-0.25, -0.2) is 4.39 Å². The Kier molecular flexibility index (Phi) is 3.28. The predicted octanol–water partition coefficient (Wildman–Crippen LogP) is 4.19. The smallest absolute Gasteiger partial charge is 0.134 e. The van der Waals surface area contributed by atoms with Crippen LogP contribution in [-0.4, -0.2) is 7.05 Å². The fourth-order valence-corrected chi connectivity index (χ4v) is 2.41. The van der Waals surface area contributed by atoms with Crippen LogP contribution in [0.1, 0.15) is 22.9 Å². The molecule has 0 saturated carbocycles. The number of benzene rings is 2. The molecule has 0 bridgehead atoms. The second kappa shape index (κ2) is 5.10. The Hall–Kier alpha value is -2.13. The Balaban J connectivity index is 2.06. The van der Waals surface area contributed by atoms with Crippen molar-refractivity contribution in [2.24, 2.45) is 0 Å². The number of fused-ring (bicyclic) bond motifs is 1. The maximum Gasteiger partial charge on any atom is 0.134 e. The van der Waals surface area contributed by atoms with E-state index in [9.17, 15) is 4.39 Å². The Labute approximate surface area is 117 Å². The summed E-state index contributed by atoms with van der Waals surface area (Å²) >= 11 is 0. The highest BCUT2D eigenvalue weighted by atomic mass is 19.1. The third kappa shape index (κ3) is 2.21. The summed E-state index contributed by atoms with van der Waals surface area (Å²) in [4.78, 5) is 0. The molecule has 1 N–H and O–H groups in total. The first-order chi connectivity index (χ1) is 9.69. The highest BCUT2D eigenvalue weighted by molar-refractivity contribution is 5.77. The van der Waals surface area contributed by atoms with Crippen molar-refractivity contribution < 1.29 is 8.81 Å². The van der Waals surface area contributed by atoms with E-state index in [1.54, 1.807) is 19.1 Å². The van der Waals surface area contributed by atoms with E-state index in [0.717, 1.165) is 22.3 Å². The van der Waals surface area contributed by atoms with Gasteiger partial charge in [-0.05, 0) is 43.3 Å². The molecule has 2 nitrogen and oxygen atoms in total. The van der Waals surface area contributed by atoms with Crippen molar-refractivity contribution in [3.05, 3.63) is 71.2 Å². The highest BCUT2D eigenvalue weighted by Gasteiger charge is 2.17. The van der Waals surface area contributed by atoms with Crippen molar-refractivity contribution in [3.8, 4) is 0 Å². The zero-order valence-electron chi connectivity index (χ0n) is 11.5. The van der Waals surface area contributed by atoms with E-state index < -0.39 is 0 Å². The van der Waals surface area contributed by atoms with Gasteiger partial charge in [-0.2, -0.15) is 0 Å². The molecule has 102 valence electrons. The van der Waals surface area contributed by atoms with Crippen LogP contribution in [0, 0.1) is 12.7 Å². The quantitative estimate of drug-likeness (QED) is 0.771. The lowest BCUT2D eigenvalue weighted by Gasteiger charge is -2.14. The van der Waals surface area contributed by atoms with Crippen LogP contribution >= 0.6 is 0 Å². The summed E-state index contributed by atoms with van der Waals surface area (Å²) in [5, 5.41) is 4.23. The Bertz CT molecular complexity index is 715. The van der Waals surface area contributed by atoms with E-state index in [1.807, 2.05) is 43.4 Å². The van der Waals surface area contributed by atoms with Gasteiger partial charge >= 0.3 is 0 Å². The summed E-state index contributed by atoms with van der Waals surface area (Å²) in [6, 6.07) is 15.0. The number of para-hydroxylation sites is 1. The van der Waals surface area contributed by atoms with Crippen molar-refractivity contribution in [1.82, 2.24) is 5.32 Å². The first-order valence-electron chi connectivity index (χ1n) is 6.61. The molecule has 3 rings (SSSR count). The fraction of sp³-hybridized carbons (Fsp3) is 0.176. The molecule has 1 atom stereocenters. The van der Waals surface area contributed by atoms with Gasteiger partial charge in [-0.15, -0.1) is 0 Å². The Morgan fingerprint density at radius 1 is 1.10 bits per heavy atom. The SMILES string of the molecule is CNC(c1ccc(C)c(F)c1)c1cc2ccccc2o1. The van der Waals surface area contributed by atoms with Crippen LogP contribution in [-0.2, 0) is 0 Å². The van der Waals surface area contributed by atoms with E-state index in [2.05, 4.69) is 5.32 Å². The molecular weight excluding hydrogens is 253 g/mol. The number of rotatable bonds is 3. The maximum absolute atomic E-state index is 13.7. The van der Waals surface area contributed by atoms with Crippen molar-refractivity contribution in [3.63, 3.8) is 0 Å². The summed E-state index contributed by atoms with van der Waals surface area (Å²) in [5.41, 5.74) is 2.35. The van der Waals surface area contributed by atoms with Crippen molar-refractivity contribution in [1.29, 1.82) is 0 Å². The van der Waals surface area contributed by atoms with Gasteiger partial charge in [0.1, 0.15) is 17.2 Å². The standard InChI is InChI=1S/C17H16FNO/c1-11-7-8-13(9-14(11)18)17(19-2)16-10-12-5-3-4-6-15(12)20-16/h3-10,17,19H,1-2H3. The van der Waals surface area contributed by atoms with Crippen LogP contribution < -0.4 is 5.32 Å². The molecule has 0 saturated heterocycles. The minimum absolute atomic E-state index is 0.155. The molecule has 1 aromatic heterocycles. The molecule has 3 heteroatoms. The van der Waals surface area contributed by atoms with E-state index in [4.69, 9.17) is 4.42 Å². The van der Waals surface area contributed by atoms with Crippen LogP contribution in [0.4, 0.5) is 4.39 Å². The highest BCUT2D eigenvalue weighted by Crippen LogP contribution is 2.28. The first kappa shape index (κ1) is 12.9. The Morgan fingerprint density at radius 2 is 1.90 bits per heavy atom. The lowest BCUT2D eigenvalue weighted by atomic mass is 10.0. The number of halogens is 1. The van der Waals surface area contributed by atoms with Gasteiger partial charge < -0.3 is 9.73 Å². The summed E-state index contributed by atoms with van der Waals surface area (Å²) < 4.78 is 19.6. The maximum atomic E-state index is 13.7. The first-order valence-corrected chi connectivity index (χ1v) is 6.61. The van der Waals surface area contributed by atoms with Gasteiger partial charge in [0.05, 0.1) is 6.04 Å². The predicted molar refractivity (Wildman–Crippen MR) is 78.3 cm³/mol. The fourth-order valence-electron chi connectivity index (χ4n) is 2.41. The van der Waals surface area contributed by atoms with E-state index >= 15 is 0 Å². The third-order valence-electron chi connectivity index (χ3n) is 3.55. The average molecular weight is 269 g/mol. The zero-order valence-corrected chi connectivity index (χ0v) is 11.5. The summed E-state index contributed by atoms with van der Waals surface area (Å²) in [6.45, 7) is 1.76. The van der Waals surface area contributed by atoms with Gasteiger partial charge in [0.15, 0.2) is 0 Å². The summed E-state index contributed by atoms with van der Waals surface area (Å²) in [7, 11) is 1.84. The van der Waals surface area contributed by atoms with Gasteiger partial charge in [0.25, 0.3) is 0 Å². The van der Waals surface area contributed by atoms with Crippen LogP contribution in [0.3, 0.4) is 0 Å². The van der Waals surface area contributed by atoms with Crippen LogP contribution in [0.25, 0.3) is 11.0 Å². The minimum Gasteiger partial charge on any atom is -0.459 e. The Morgan fingerprint density at radius 3 is 2.60 bits per heavy atom. The van der Waals surface area contributed by atoms with Crippen molar-refractivity contribution >= 4 is 11.0 Å². The van der Waals surface area contributed by atoms with Crippen molar-refractivity contribution in [2.45, 2.75) is 13.0 Å². The third-order valence-corrected chi connectivity index (χ3v) is 3.55. The number of furan rings is 1. The monoisotopic (exact) mass is 269 g/mol. The molecule has 0 radical (unpaired) electrons. The molecule has 0 fully saturated rings. The number of hydrogen-bond acceptors (Lipinski definition) is 2. The van der Waals surface area contributed by atoms with Crippen LogP contribution in [0.15, 0.2) is 52.9 Å². The molecule has 0 aliphatic carbocycles. The second-order valence-electron chi connectivity index (χ2n) is 4.92. The molecule has 3 aromatic rings. The van der Waals surface area contributed by atoms with Gasteiger partial charge in [0.2, 0.25) is 0 Å². The van der Waals surface area contributed by atoms with Gasteiger partial charge in [0, 0.05) is 5.39 Å². The molecule has 0 amide bonds. The van der Waals surface area contributed by atoms with E-state index in [-0.39, 0.29) is 11.9 Å². The molecule has 0 aliphatic rings. The molecule has 1 heterocycles. The number of nitrogens with one attached hydrogen (secondary N) is 1. The normalized spacial score (nSPS) is 12.8. The molecular formula is C17H16FNO. The van der Waals surface area contributed by atoms with Crippen molar-refractivity contribution in [2.75, 3.05) is 7.05 Å². The number of aryl methyl sites for hydroxylation is 1. The van der Waals surface area contributed by atoms with Gasteiger partial charge in [-0.1, -0.05) is 30.3 Å². The zero-order chi connectivity index (χ0) is 14.1. The molecule has 20 heavy (non-hydrogen) atoms. The average Bonchev–Trinajstić information content (AvgIpc) is 2.87. The van der Waals surface area contributed by atoms with Gasteiger partial charge in [-0.3, -0.25) is 0 Å². The summed E-state index contributed by atoms with van der Waals surface area (Å²) in [5.74, 6) is 0.593. The molecule has 0 aliphatic heterocycles. The minimum atomic E-state index is -0.195. The van der Waals surface area contributed by atoms with Crippen LogP contribution in [0.5, 0.6) is 0 Å². The van der Waals surface area contributed by atoms with Crippen LogP contribution in [0.2, 0.25) is 0 Å². The lowest BCUT2D eigenvalue weighted by Crippen LogP contribution is -2.17. The van der Waals surface area contributed by atoms with E-state index in [1.165, 1.54) is 0 Å². The molecule has 2 aromatic carbocycles. The lowest BCUT2D eigenvalue weighted by molar-refractivity contribution is 0.489. The second-order valence-corrected chi connectivity index (χ2v) is 4.92. The number of hydrogen-bond donors (Lipinski definition) is 1. The summed E-state index contributed by atoms with van der Waals surface area (Å²) in [6.07, 6.45) is 0. The molecule has 0 spiro atoms.